The molecular formula is C17H27NO3. The van der Waals surface area contributed by atoms with Gasteiger partial charge >= 0.3 is 0 Å². The Morgan fingerprint density at radius 2 is 1.86 bits per heavy atom. The van der Waals surface area contributed by atoms with E-state index in [2.05, 4.69) is 31.9 Å². The van der Waals surface area contributed by atoms with E-state index < -0.39 is 6.10 Å². The Kier molecular flexibility index (Phi) is 6.03. The van der Waals surface area contributed by atoms with Crippen molar-refractivity contribution in [3.63, 3.8) is 0 Å². The van der Waals surface area contributed by atoms with Crippen molar-refractivity contribution >= 4 is 0 Å². The van der Waals surface area contributed by atoms with Gasteiger partial charge in [0.05, 0.1) is 0 Å². The van der Waals surface area contributed by atoms with E-state index in [0.29, 0.717) is 19.2 Å². The van der Waals surface area contributed by atoms with Gasteiger partial charge in [0, 0.05) is 25.8 Å². The van der Waals surface area contributed by atoms with Gasteiger partial charge in [0.15, 0.2) is 0 Å². The molecule has 0 radical (unpaired) electrons. The zero-order valence-corrected chi connectivity index (χ0v) is 13.3. The van der Waals surface area contributed by atoms with E-state index in [-0.39, 0.29) is 0 Å². The smallest absolute Gasteiger partial charge is 0.119 e. The average molecular weight is 293 g/mol. The van der Waals surface area contributed by atoms with Crippen LogP contribution in [-0.4, -0.2) is 55.6 Å². The quantitative estimate of drug-likeness (QED) is 0.873. The fraction of sp³-hybridized carbons (Fsp3) is 0.647. The Morgan fingerprint density at radius 1 is 1.24 bits per heavy atom. The molecular weight excluding hydrogens is 266 g/mol. The maximum absolute atomic E-state index is 10.2. The Hall–Kier alpha value is -1.10. The summed E-state index contributed by atoms with van der Waals surface area (Å²) in [6, 6.07) is 6.63. The van der Waals surface area contributed by atoms with Crippen molar-refractivity contribution in [1.82, 2.24) is 4.90 Å². The standard InChI is InChI=1S/C17H27NO3/c1-13-8-14(2)10-17(9-13)21-12-16(19)11-18(3)15-4-6-20-7-5-15/h8-10,15-16,19H,4-7,11-12H2,1-3H3. The molecule has 21 heavy (non-hydrogen) atoms. The third-order valence-electron chi connectivity index (χ3n) is 3.95. The van der Waals surface area contributed by atoms with Crippen LogP contribution in [0.5, 0.6) is 5.75 Å². The van der Waals surface area contributed by atoms with Crippen molar-refractivity contribution in [2.45, 2.75) is 38.8 Å². The van der Waals surface area contributed by atoms with Crippen molar-refractivity contribution in [2.24, 2.45) is 0 Å². The Labute approximate surface area is 127 Å². The van der Waals surface area contributed by atoms with Crippen molar-refractivity contribution < 1.29 is 14.6 Å². The number of ether oxygens (including phenoxy) is 2. The number of aliphatic hydroxyl groups is 1. The summed E-state index contributed by atoms with van der Waals surface area (Å²) in [6.45, 7) is 6.71. The van der Waals surface area contributed by atoms with Gasteiger partial charge in [-0.05, 0) is 57.0 Å². The summed E-state index contributed by atoms with van der Waals surface area (Å²) < 4.78 is 11.1. The molecule has 1 aromatic carbocycles. The number of aryl methyl sites for hydroxylation is 2. The van der Waals surface area contributed by atoms with E-state index in [1.54, 1.807) is 0 Å². The van der Waals surface area contributed by atoms with Crippen LogP contribution in [0.15, 0.2) is 18.2 Å². The lowest BCUT2D eigenvalue weighted by atomic mass is 10.1. The molecule has 0 spiro atoms. The second-order valence-electron chi connectivity index (χ2n) is 6.07. The third kappa shape index (κ3) is 5.30. The van der Waals surface area contributed by atoms with Crippen molar-refractivity contribution in [3.8, 4) is 5.75 Å². The van der Waals surface area contributed by atoms with Crippen LogP contribution in [0.1, 0.15) is 24.0 Å². The molecule has 1 N–H and O–H groups in total. The first-order chi connectivity index (χ1) is 10.0. The number of hydrogen-bond donors (Lipinski definition) is 1. The molecule has 0 saturated carbocycles. The zero-order valence-electron chi connectivity index (χ0n) is 13.3. The zero-order chi connectivity index (χ0) is 15.2. The van der Waals surface area contributed by atoms with Crippen molar-refractivity contribution in [1.29, 1.82) is 0 Å². The van der Waals surface area contributed by atoms with Gasteiger partial charge in [-0.1, -0.05) is 6.07 Å². The predicted octanol–water partition coefficient (Wildman–Crippen LogP) is 2.15. The maximum Gasteiger partial charge on any atom is 0.119 e. The van der Waals surface area contributed by atoms with Gasteiger partial charge in [-0.25, -0.2) is 0 Å². The SMILES string of the molecule is Cc1cc(C)cc(OCC(O)CN(C)C2CCOCC2)c1. The number of aliphatic hydroxyl groups excluding tert-OH is 1. The molecule has 0 amide bonds. The summed E-state index contributed by atoms with van der Waals surface area (Å²) in [7, 11) is 2.07. The summed E-state index contributed by atoms with van der Waals surface area (Å²) in [4.78, 5) is 2.22. The molecule has 1 fully saturated rings. The topological polar surface area (TPSA) is 41.9 Å². The summed E-state index contributed by atoms with van der Waals surface area (Å²) in [5.41, 5.74) is 2.36. The molecule has 4 nitrogen and oxygen atoms in total. The normalized spacial score (nSPS) is 18.0. The molecule has 118 valence electrons. The van der Waals surface area contributed by atoms with E-state index in [1.807, 2.05) is 12.1 Å². The van der Waals surface area contributed by atoms with Crippen LogP contribution < -0.4 is 4.74 Å². The monoisotopic (exact) mass is 293 g/mol. The van der Waals surface area contributed by atoms with Gasteiger partial charge < -0.3 is 19.5 Å². The molecule has 1 aliphatic heterocycles. The first kappa shape index (κ1) is 16.3. The number of rotatable bonds is 6. The Morgan fingerprint density at radius 3 is 2.48 bits per heavy atom. The molecule has 4 heteroatoms. The molecule has 1 aliphatic rings. The first-order valence-electron chi connectivity index (χ1n) is 7.72. The minimum absolute atomic E-state index is 0.330. The van der Waals surface area contributed by atoms with Gasteiger partial charge in [0.25, 0.3) is 0 Å². The molecule has 2 rings (SSSR count). The van der Waals surface area contributed by atoms with Gasteiger partial charge in [-0.3, -0.25) is 0 Å². The molecule has 1 atom stereocenters. The summed E-state index contributed by atoms with van der Waals surface area (Å²) in [5.74, 6) is 0.834. The van der Waals surface area contributed by atoms with Crippen LogP contribution in [0.4, 0.5) is 0 Å². The minimum Gasteiger partial charge on any atom is -0.491 e. The van der Waals surface area contributed by atoms with Crippen LogP contribution in [0.3, 0.4) is 0 Å². The van der Waals surface area contributed by atoms with Crippen molar-refractivity contribution in [2.75, 3.05) is 33.4 Å². The van der Waals surface area contributed by atoms with Crippen LogP contribution in [0.2, 0.25) is 0 Å². The molecule has 0 aliphatic carbocycles. The fourth-order valence-electron chi connectivity index (χ4n) is 2.87. The van der Waals surface area contributed by atoms with Gasteiger partial charge in [-0.15, -0.1) is 0 Å². The predicted molar refractivity (Wildman–Crippen MR) is 83.9 cm³/mol. The number of hydrogen-bond acceptors (Lipinski definition) is 4. The van der Waals surface area contributed by atoms with E-state index >= 15 is 0 Å². The molecule has 1 heterocycles. The van der Waals surface area contributed by atoms with E-state index in [0.717, 1.165) is 31.8 Å². The molecule has 1 saturated heterocycles. The van der Waals surface area contributed by atoms with Gasteiger partial charge in [0.2, 0.25) is 0 Å². The van der Waals surface area contributed by atoms with E-state index in [1.165, 1.54) is 11.1 Å². The van der Waals surface area contributed by atoms with Gasteiger partial charge in [0.1, 0.15) is 18.5 Å². The lowest BCUT2D eigenvalue weighted by Gasteiger charge is -2.32. The molecule has 1 unspecified atom stereocenters. The molecule has 0 bridgehead atoms. The largest absolute Gasteiger partial charge is 0.491 e. The Balaban J connectivity index is 1.77. The highest BCUT2D eigenvalue weighted by atomic mass is 16.5. The highest BCUT2D eigenvalue weighted by Crippen LogP contribution is 2.17. The summed E-state index contributed by atoms with van der Waals surface area (Å²) >= 11 is 0. The number of benzene rings is 1. The Bertz CT molecular complexity index is 423. The fourth-order valence-corrected chi connectivity index (χ4v) is 2.87. The average Bonchev–Trinajstić information content (AvgIpc) is 2.45. The van der Waals surface area contributed by atoms with E-state index in [4.69, 9.17) is 9.47 Å². The molecule has 1 aromatic rings. The summed E-state index contributed by atoms with van der Waals surface area (Å²) in [5, 5.41) is 10.2. The van der Waals surface area contributed by atoms with Crippen LogP contribution in [0.25, 0.3) is 0 Å². The summed E-state index contributed by atoms with van der Waals surface area (Å²) in [6.07, 6.45) is 1.61. The van der Waals surface area contributed by atoms with Crippen LogP contribution in [-0.2, 0) is 4.74 Å². The first-order valence-corrected chi connectivity index (χ1v) is 7.72. The highest BCUT2D eigenvalue weighted by Gasteiger charge is 2.20. The third-order valence-corrected chi connectivity index (χ3v) is 3.95. The number of likely N-dealkylation sites (N-methyl/N-ethyl adjacent to an activating group) is 1. The lowest BCUT2D eigenvalue weighted by molar-refractivity contribution is 0.0159. The second kappa shape index (κ2) is 7.78. The lowest BCUT2D eigenvalue weighted by Crippen LogP contribution is -2.42. The van der Waals surface area contributed by atoms with Crippen LogP contribution >= 0.6 is 0 Å². The van der Waals surface area contributed by atoms with E-state index in [9.17, 15) is 5.11 Å². The number of nitrogens with zero attached hydrogens (tertiary/aromatic N) is 1. The second-order valence-corrected chi connectivity index (χ2v) is 6.07. The minimum atomic E-state index is -0.473. The highest BCUT2D eigenvalue weighted by molar-refractivity contribution is 5.32. The maximum atomic E-state index is 10.2. The van der Waals surface area contributed by atoms with Gasteiger partial charge in [-0.2, -0.15) is 0 Å². The van der Waals surface area contributed by atoms with Crippen molar-refractivity contribution in [3.05, 3.63) is 29.3 Å². The van der Waals surface area contributed by atoms with Crippen LogP contribution in [0, 0.1) is 13.8 Å². The molecule has 0 aromatic heterocycles.